The van der Waals surface area contributed by atoms with E-state index >= 15 is 0 Å². The normalized spacial score (nSPS) is 16.4. The number of nitrogens with two attached hydrogens (primary N) is 3. The molecule has 1 aliphatic rings. The summed E-state index contributed by atoms with van der Waals surface area (Å²) >= 11 is 0. The van der Waals surface area contributed by atoms with E-state index in [0.717, 1.165) is 31.2 Å². The van der Waals surface area contributed by atoms with E-state index in [2.05, 4.69) is 50.3 Å². The van der Waals surface area contributed by atoms with Crippen LogP contribution >= 0.6 is 0 Å². The van der Waals surface area contributed by atoms with Gasteiger partial charge in [-0.25, -0.2) is 9.97 Å². The molecule has 66 heavy (non-hydrogen) atoms. The highest BCUT2D eigenvalue weighted by atomic mass is 16.5. The number of carbonyl (C=O) groups excluding carboxylic acids is 5. The van der Waals surface area contributed by atoms with Gasteiger partial charge in [-0.3, -0.25) is 24.0 Å². The van der Waals surface area contributed by atoms with Gasteiger partial charge < -0.3 is 52.8 Å². The maximum absolute atomic E-state index is 14.7. The van der Waals surface area contributed by atoms with Crippen LogP contribution in [0.25, 0.3) is 22.5 Å². The van der Waals surface area contributed by atoms with E-state index in [1.165, 1.54) is 30.6 Å². The van der Waals surface area contributed by atoms with Crippen LogP contribution in [0, 0.1) is 18.3 Å². The topological polar surface area (TPSA) is 283 Å². The molecular formula is C48H61N11O7. The lowest BCUT2D eigenvalue weighted by molar-refractivity contribution is -0.141. The minimum atomic E-state index is -1.40. The van der Waals surface area contributed by atoms with E-state index in [4.69, 9.17) is 31.9 Å². The Morgan fingerprint density at radius 2 is 1.61 bits per heavy atom. The molecule has 18 nitrogen and oxygen atoms in total. The second-order valence-electron chi connectivity index (χ2n) is 16.0. The zero-order chi connectivity index (χ0) is 47.8. The first-order valence-corrected chi connectivity index (χ1v) is 22.2. The molecule has 5 rings (SSSR count). The number of nitrogens with zero attached hydrogens (tertiary/aromatic N) is 4. The second kappa shape index (κ2) is 24.4. The third-order valence-electron chi connectivity index (χ3n) is 11.1. The highest BCUT2D eigenvalue weighted by Gasteiger charge is 2.36. The van der Waals surface area contributed by atoms with Crippen molar-refractivity contribution in [2.24, 2.45) is 17.2 Å². The van der Waals surface area contributed by atoms with E-state index in [1.54, 1.807) is 43.3 Å². The first-order chi connectivity index (χ1) is 31.8. The number of fused-ring (bicyclic) bond motifs is 5. The molecule has 0 aliphatic carbocycles. The molecule has 4 aromatic rings. The fourth-order valence-corrected chi connectivity index (χ4v) is 7.59. The number of likely N-dealkylation sites (N-methyl/N-ethyl adjacent to an activating group) is 1. The minimum Gasteiger partial charge on any atom is -0.492 e. The van der Waals surface area contributed by atoms with Crippen molar-refractivity contribution in [2.45, 2.75) is 83.5 Å². The van der Waals surface area contributed by atoms with Crippen LogP contribution in [0.3, 0.4) is 0 Å². The Balaban J connectivity index is 1.53. The summed E-state index contributed by atoms with van der Waals surface area (Å²) in [5.41, 5.74) is 22.1. The predicted molar refractivity (Wildman–Crippen MR) is 249 cm³/mol. The molecule has 0 spiro atoms. The molecule has 0 unspecified atom stereocenters. The predicted octanol–water partition coefficient (Wildman–Crippen LogP) is 2.36. The Hall–Kier alpha value is -6.94. The molecule has 1 aromatic heterocycles. The first-order valence-electron chi connectivity index (χ1n) is 22.2. The first kappa shape index (κ1) is 50.1. The van der Waals surface area contributed by atoms with Crippen molar-refractivity contribution in [2.75, 3.05) is 46.4 Å². The van der Waals surface area contributed by atoms with Crippen LogP contribution in [0.4, 0.5) is 0 Å². The minimum absolute atomic E-state index is 0.00344. The Kier molecular flexibility index (Phi) is 18.5. The number of ether oxygens (including phenoxy) is 2. The fraction of sp³-hybridized carbons (Fsp3) is 0.417. The average Bonchev–Trinajstić information content (AvgIpc) is 3.31. The fourth-order valence-electron chi connectivity index (χ4n) is 7.59. The van der Waals surface area contributed by atoms with Crippen LogP contribution in [0.15, 0.2) is 66.9 Å². The summed E-state index contributed by atoms with van der Waals surface area (Å²) in [5.74, 6) is -2.13. The van der Waals surface area contributed by atoms with Gasteiger partial charge in [0, 0.05) is 49.4 Å². The highest BCUT2D eigenvalue weighted by Crippen LogP contribution is 2.40. The van der Waals surface area contributed by atoms with Crippen molar-refractivity contribution in [1.82, 2.24) is 36.1 Å². The van der Waals surface area contributed by atoms with Gasteiger partial charge in [-0.2, -0.15) is 5.26 Å². The lowest BCUT2D eigenvalue weighted by Crippen LogP contribution is -2.56. The van der Waals surface area contributed by atoms with E-state index in [1.807, 2.05) is 18.2 Å². The zero-order valence-electron chi connectivity index (χ0n) is 38.0. The molecule has 0 radical (unpaired) electrons. The number of aromatic nitrogens is 2. The van der Waals surface area contributed by atoms with Gasteiger partial charge in [-0.15, -0.1) is 0 Å². The molecule has 0 fully saturated rings. The number of nitriles is 1. The van der Waals surface area contributed by atoms with Crippen LogP contribution in [0.5, 0.6) is 11.5 Å². The van der Waals surface area contributed by atoms with E-state index < -0.39 is 53.7 Å². The lowest BCUT2D eigenvalue weighted by atomic mass is 9.93. The van der Waals surface area contributed by atoms with Crippen LogP contribution in [-0.2, 0) is 32.0 Å². The van der Waals surface area contributed by atoms with Crippen molar-refractivity contribution in [1.29, 1.82) is 5.26 Å². The average molecular weight is 904 g/mol. The van der Waals surface area contributed by atoms with Gasteiger partial charge in [-0.1, -0.05) is 56.2 Å². The van der Waals surface area contributed by atoms with E-state index in [9.17, 15) is 24.0 Å². The maximum Gasteiger partial charge on any atom is 0.255 e. The Morgan fingerprint density at radius 1 is 0.924 bits per heavy atom. The molecule has 1 aliphatic heterocycles. The molecule has 2 heterocycles. The van der Waals surface area contributed by atoms with Crippen LogP contribution in [-0.4, -0.2) is 109 Å². The SMILES string of the molecule is CCCCCc1ccc(-c2ncc(C(=O)N[C@@H](CCN)C(=O)N(C)[C@@H]3C(=O)N[C@@H](C)C(=O)N[C@H](C(=O)NCC#N)Cc4ccc(OCCN)c(c4)-c4cc3ccc4OCCN)c(C)n2)cc1. The number of rotatable bonds is 19. The molecule has 18 heteroatoms. The summed E-state index contributed by atoms with van der Waals surface area (Å²) in [5, 5.41) is 19.9. The third kappa shape index (κ3) is 12.9. The number of amides is 5. The van der Waals surface area contributed by atoms with Crippen LogP contribution in [0.2, 0.25) is 0 Å². The number of benzene rings is 3. The van der Waals surface area contributed by atoms with Gasteiger partial charge in [0.2, 0.25) is 23.6 Å². The number of hydrogen-bond donors (Lipinski definition) is 7. The second-order valence-corrected chi connectivity index (χ2v) is 16.0. The van der Waals surface area contributed by atoms with Crippen molar-refractivity contribution in [3.8, 4) is 40.1 Å². The molecule has 350 valence electrons. The van der Waals surface area contributed by atoms with Gasteiger partial charge in [0.15, 0.2) is 5.82 Å². The molecule has 5 amide bonds. The van der Waals surface area contributed by atoms with E-state index in [-0.39, 0.29) is 57.8 Å². The Morgan fingerprint density at radius 3 is 2.24 bits per heavy atom. The summed E-state index contributed by atoms with van der Waals surface area (Å²) < 4.78 is 12.2. The van der Waals surface area contributed by atoms with E-state index in [0.29, 0.717) is 45.3 Å². The number of carbonyl (C=O) groups is 5. The number of unbranched alkanes of at least 4 members (excludes halogenated alkanes) is 2. The van der Waals surface area contributed by atoms with Gasteiger partial charge in [0.1, 0.15) is 55.4 Å². The van der Waals surface area contributed by atoms with Gasteiger partial charge in [-0.05, 0) is 80.6 Å². The summed E-state index contributed by atoms with van der Waals surface area (Å²) in [6.07, 6.45) is 5.83. The van der Waals surface area contributed by atoms with Crippen molar-refractivity contribution < 1.29 is 33.4 Å². The Labute approximate surface area is 385 Å². The molecule has 10 N–H and O–H groups in total. The standard InChI is InChI=1S/C48H61N11O7/c1-5-6-7-8-31-9-12-33(13-10-31)43-54-28-37(29(2)55-43)45(61)57-38(17-18-49)48(64)59(4)42-34-14-16-41(66-24-21-52)36(27-34)35-25-32(11-15-40(35)65-23-20-51)26-39(46(62)53-22-19-50)58-44(60)30(3)56-47(42)63/h9-16,25,27-28,30,38-39,42H,5-8,17-18,20-24,26,49,51-52H2,1-4H3,(H,53,62)(H,56,63)(H,57,61)(H,58,60)/t30-,38-,39-,42-/m0/s1. The summed E-state index contributed by atoms with van der Waals surface area (Å²) in [7, 11) is 1.42. The number of hydrogen-bond acceptors (Lipinski definition) is 13. The Bertz CT molecular complexity index is 2390. The van der Waals surface area contributed by atoms with Gasteiger partial charge >= 0.3 is 0 Å². The summed E-state index contributed by atoms with van der Waals surface area (Å²) in [6, 6.07) is 15.1. The molecule has 4 atom stereocenters. The monoisotopic (exact) mass is 903 g/mol. The number of nitrogens with one attached hydrogen (secondary N) is 4. The molecule has 3 aromatic carbocycles. The summed E-state index contributed by atoms with van der Waals surface area (Å²) in [6.45, 7) is 5.67. The van der Waals surface area contributed by atoms with Gasteiger partial charge in [0.05, 0.1) is 17.3 Å². The van der Waals surface area contributed by atoms with Crippen molar-refractivity contribution in [3.63, 3.8) is 0 Å². The van der Waals surface area contributed by atoms with Crippen molar-refractivity contribution >= 4 is 29.5 Å². The smallest absolute Gasteiger partial charge is 0.255 e. The molecule has 0 saturated carbocycles. The largest absolute Gasteiger partial charge is 0.492 e. The van der Waals surface area contributed by atoms with Crippen LogP contribution < -0.4 is 47.9 Å². The molecule has 4 bridgehead atoms. The molecular weight excluding hydrogens is 843 g/mol. The third-order valence-corrected chi connectivity index (χ3v) is 11.1. The van der Waals surface area contributed by atoms with Crippen LogP contribution in [0.1, 0.15) is 78.3 Å². The highest BCUT2D eigenvalue weighted by molar-refractivity contribution is 6.00. The molecule has 0 saturated heterocycles. The summed E-state index contributed by atoms with van der Waals surface area (Å²) in [4.78, 5) is 80.5. The lowest BCUT2D eigenvalue weighted by Gasteiger charge is -2.32. The van der Waals surface area contributed by atoms with Gasteiger partial charge in [0.25, 0.3) is 5.91 Å². The maximum atomic E-state index is 14.7. The zero-order valence-corrected chi connectivity index (χ0v) is 38.0. The quantitative estimate of drug-likeness (QED) is 0.0527. The number of aryl methyl sites for hydroxylation is 2. The van der Waals surface area contributed by atoms with Crippen molar-refractivity contribution in [3.05, 3.63) is 94.8 Å².